The van der Waals surface area contributed by atoms with Crippen molar-refractivity contribution in [3.8, 4) is 17.1 Å². The summed E-state index contributed by atoms with van der Waals surface area (Å²) < 4.78 is 11.3. The predicted molar refractivity (Wildman–Crippen MR) is 80.6 cm³/mol. The van der Waals surface area contributed by atoms with Gasteiger partial charge in [0.15, 0.2) is 0 Å². The highest BCUT2D eigenvalue weighted by Crippen LogP contribution is 2.29. The molecule has 0 saturated carbocycles. The average Bonchev–Trinajstić information content (AvgIpc) is 2.87. The zero-order valence-corrected chi connectivity index (χ0v) is 13.2. The topological polar surface area (TPSA) is 74.2 Å². The van der Waals surface area contributed by atoms with E-state index in [2.05, 4.69) is 33.0 Å². The van der Waals surface area contributed by atoms with E-state index in [1.54, 1.807) is 7.11 Å². The minimum Gasteiger partial charge on any atom is -0.496 e. The van der Waals surface area contributed by atoms with Crippen LogP contribution in [-0.4, -0.2) is 23.3 Å². The number of hydrogen-bond acceptors (Lipinski definition) is 5. The summed E-state index contributed by atoms with van der Waals surface area (Å²) in [5, 5.41) is 3.99. The van der Waals surface area contributed by atoms with Crippen LogP contribution in [0.5, 0.6) is 5.75 Å². The molecular formula is C14H18BrN3O2. The molecular weight excluding hydrogens is 322 g/mol. The van der Waals surface area contributed by atoms with Crippen LogP contribution in [0.25, 0.3) is 11.4 Å². The third-order valence-electron chi connectivity index (χ3n) is 2.97. The molecule has 1 unspecified atom stereocenters. The van der Waals surface area contributed by atoms with Gasteiger partial charge in [-0.25, -0.2) is 0 Å². The molecule has 0 fully saturated rings. The van der Waals surface area contributed by atoms with Gasteiger partial charge >= 0.3 is 0 Å². The van der Waals surface area contributed by atoms with Gasteiger partial charge < -0.3 is 15.0 Å². The Morgan fingerprint density at radius 3 is 2.90 bits per heavy atom. The Balaban J connectivity index is 2.14. The summed E-state index contributed by atoms with van der Waals surface area (Å²) in [6.45, 7) is 2.11. The largest absolute Gasteiger partial charge is 0.496 e. The highest BCUT2D eigenvalue weighted by molar-refractivity contribution is 9.10. The quantitative estimate of drug-likeness (QED) is 0.874. The summed E-state index contributed by atoms with van der Waals surface area (Å²) in [6, 6.07) is 5.72. The second-order valence-corrected chi connectivity index (χ2v) is 5.47. The smallest absolute Gasteiger partial charge is 0.228 e. The normalized spacial score (nSPS) is 12.4. The lowest BCUT2D eigenvalue weighted by molar-refractivity contribution is 0.366. The third kappa shape index (κ3) is 3.58. The zero-order valence-electron chi connectivity index (χ0n) is 11.6. The Kier molecular flexibility index (Phi) is 5.14. The highest BCUT2D eigenvalue weighted by Gasteiger charge is 2.13. The number of halogens is 1. The molecule has 0 radical (unpaired) electrons. The molecule has 1 aromatic heterocycles. The molecule has 2 rings (SSSR count). The van der Waals surface area contributed by atoms with Crippen LogP contribution < -0.4 is 10.5 Å². The van der Waals surface area contributed by atoms with Crippen LogP contribution in [-0.2, 0) is 6.42 Å². The second-order valence-electron chi connectivity index (χ2n) is 4.61. The number of benzene rings is 1. The van der Waals surface area contributed by atoms with Crippen molar-refractivity contribution in [1.82, 2.24) is 10.1 Å². The van der Waals surface area contributed by atoms with Crippen molar-refractivity contribution in [3.63, 3.8) is 0 Å². The van der Waals surface area contributed by atoms with Crippen LogP contribution >= 0.6 is 15.9 Å². The zero-order chi connectivity index (χ0) is 14.5. The lowest BCUT2D eigenvalue weighted by atomic mass is 10.1. The summed E-state index contributed by atoms with van der Waals surface area (Å²) in [6.07, 6.45) is 2.61. The molecule has 0 bridgehead atoms. The van der Waals surface area contributed by atoms with E-state index in [4.69, 9.17) is 15.0 Å². The number of methoxy groups -OCH3 is 1. The van der Waals surface area contributed by atoms with E-state index in [1.807, 2.05) is 18.2 Å². The monoisotopic (exact) mass is 339 g/mol. The SMILES string of the molecule is CCCC(N)Cc1nc(-c2ccc(OC)c(Br)c2)no1. The maximum atomic E-state index is 5.97. The standard InChI is InChI=1S/C14H18BrN3O2/c1-3-4-10(16)8-13-17-14(18-20-13)9-5-6-12(19-2)11(15)7-9/h5-7,10H,3-4,8,16H2,1-2H3. The van der Waals surface area contributed by atoms with Gasteiger partial charge in [-0.1, -0.05) is 18.5 Å². The summed E-state index contributed by atoms with van der Waals surface area (Å²) in [5.74, 6) is 1.90. The maximum absolute atomic E-state index is 5.97. The molecule has 1 atom stereocenters. The van der Waals surface area contributed by atoms with Gasteiger partial charge in [-0.15, -0.1) is 0 Å². The van der Waals surface area contributed by atoms with Crippen LogP contribution in [0.1, 0.15) is 25.7 Å². The number of aromatic nitrogens is 2. The van der Waals surface area contributed by atoms with Crippen molar-refractivity contribution in [2.45, 2.75) is 32.2 Å². The number of rotatable bonds is 6. The van der Waals surface area contributed by atoms with Gasteiger partial charge in [0.1, 0.15) is 5.75 Å². The van der Waals surface area contributed by atoms with Crippen LogP contribution in [0, 0.1) is 0 Å². The molecule has 2 aromatic rings. The molecule has 0 aliphatic heterocycles. The minimum atomic E-state index is 0.0657. The number of hydrogen-bond donors (Lipinski definition) is 1. The Hall–Kier alpha value is -1.40. The predicted octanol–water partition coefficient (Wildman–Crippen LogP) is 3.18. The third-order valence-corrected chi connectivity index (χ3v) is 3.59. The van der Waals surface area contributed by atoms with Crippen molar-refractivity contribution in [2.75, 3.05) is 7.11 Å². The number of nitrogens with zero attached hydrogens (tertiary/aromatic N) is 2. The molecule has 0 aliphatic carbocycles. The first-order valence-corrected chi connectivity index (χ1v) is 7.35. The summed E-state index contributed by atoms with van der Waals surface area (Å²) in [4.78, 5) is 4.38. The molecule has 0 aliphatic rings. The Morgan fingerprint density at radius 1 is 1.45 bits per heavy atom. The van der Waals surface area contributed by atoms with Crippen LogP contribution in [0.2, 0.25) is 0 Å². The fraction of sp³-hybridized carbons (Fsp3) is 0.429. The number of nitrogens with two attached hydrogens (primary N) is 1. The summed E-state index contributed by atoms with van der Waals surface area (Å²) in [5.41, 5.74) is 6.85. The van der Waals surface area contributed by atoms with Crippen LogP contribution in [0.15, 0.2) is 27.2 Å². The van der Waals surface area contributed by atoms with E-state index in [1.165, 1.54) is 0 Å². The minimum absolute atomic E-state index is 0.0657. The van der Waals surface area contributed by atoms with E-state index >= 15 is 0 Å². The second kappa shape index (κ2) is 6.85. The molecule has 1 heterocycles. The summed E-state index contributed by atoms with van der Waals surface area (Å²) in [7, 11) is 1.63. The van der Waals surface area contributed by atoms with Gasteiger partial charge in [-0.3, -0.25) is 0 Å². The van der Waals surface area contributed by atoms with Gasteiger partial charge in [0.2, 0.25) is 11.7 Å². The van der Waals surface area contributed by atoms with Crippen molar-refractivity contribution in [1.29, 1.82) is 0 Å². The van der Waals surface area contributed by atoms with Crippen molar-refractivity contribution in [2.24, 2.45) is 5.73 Å². The first-order chi connectivity index (χ1) is 9.63. The van der Waals surface area contributed by atoms with E-state index in [-0.39, 0.29) is 6.04 Å². The van der Waals surface area contributed by atoms with Gasteiger partial charge in [0, 0.05) is 18.0 Å². The fourth-order valence-corrected chi connectivity index (χ4v) is 2.50. The maximum Gasteiger partial charge on any atom is 0.228 e. The van der Waals surface area contributed by atoms with Crippen molar-refractivity contribution < 1.29 is 9.26 Å². The van der Waals surface area contributed by atoms with Gasteiger partial charge in [0.05, 0.1) is 11.6 Å². The van der Waals surface area contributed by atoms with E-state index in [0.29, 0.717) is 18.1 Å². The molecule has 2 N–H and O–H groups in total. The Bertz CT molecular complexity index is 571. The Morgan fingerprint density at radius 2 is 2.25 bits per heavy atom. The van der Waals surface area contributed by atoms with Crippen molar-refractivity contribution >= 4 is 15.9 Å². The molecule has 108 valence electrons. The van der Waals surface area contributed by atoms with Crippen LogP contribution in [0.3, 0.4) is 0 Å². The lowest BCUT2D eigenvalue weighted by Crippen LogP contribution is -2.22. The number of ether oxygens (including phenoxy) is 1. The lowest BCUT2D eigenvalue weighted by Gasteiger charge is -2.05. The molecule has 6 heteroatoms. The first kappa shape index (κ1) is 15.0. The first-order valence-electron chi connectivity index (χ1n) is 6.56. The highest BCUT2D eigenvalue weighted by atomic mass is 79.9. The summed E-state index contributed by atoms with van der Waals surface area (Å²) >= 11 is 3.44. The molecule has 1 aromatic carbocycles. The van der Waals surface area contributed by atoms with Crippen LogP contribution in [0.4, 0.5) is 0 Å². The molecule has 0 amide bonds. The fourth-order valence-electron chi connectivity index (χ4n) is 1.96. The molecule has 20 heavy (non-hydrogen) atoms. The van der Waals surface area contributed by atoms with E-state index in [9.17, 15) is 0 Å². The van der Waals surface area contributed by atoms with E-state index in [0.717, 1.165) is 28.6 Å². The molecule has 5 nitrogen and oxygen atoms in total. The molecule has 0 saturated heterocycles. The van der Waals surface area contributed by atoms with Gasteiger partial charge in [-0.2, -0.15) is 4.98 Å². The Labute approximate surface area is 126 Å². The van der Waals surface area contributed by atoms with E-state index < -0.39 is 0 Å². The van der Waals surface area contributed by atoms with Crippen molar-refractivity contribution in [3.05, 3.63) is 28.6 Å². The molecule has 0 spiro atoms. The van der Waals surface area contributed by atoms with Gasteiger partial charge in [-0.05, 0) is 40.5 Å². The average molecular weight is 340 g/mol. The van der Waals surface area contributed by atoms with Gasteiger partial charge in [0.25, 0.3) is 0 Å².